The highest BCUT2D eigenvalue weighted by Gasteiger charge is 2.50. The van der Waals surface area contributed by atoms with Crippen molar-refractivity contribution < 1.29 is 4.79 Å². The smallest absolute Gasteiger partial charge is 0.233 e. The maximum Gasteiger partial charge on any atom is 0.233 e. The van der Waals surface area contributed by atoms with E-state index in [0.29, 0.717) is 23.5 Å². The molecule has 108 valence electrons. The molecule has 4 nitrogen and oxygen atoms in total. The molecule has 1 saturated carbocycles. The minimum Gasteiger partial charge on any atom is -0.392 e. The van der Waals surface area contributed by atoms with Crippen LogP contribution in [0.5, 0.6) is 0 Å². The van der Waals surface area contributed by atoms with Crippen LogP contribution in [0, 0.1) is 11.3 Å². The van der Waals surface area contributed by atoms with Crippen molar-refractivity contribution in [3.63, 3.8) is 0 Å². The van der Waals surface area contributed by atoms with Crippen LogP contribution in [0.2, 0.25) is 0 Å². The molecule has 0 aromatic heterocycles. The lowest BCUT2D eigenvalue weighted by Gasteiger charge is -2.44. The van der Waals surface area contributed by atoms with Crippen molar-refractivity contribution >= 4 is 23.1 Å². The van der Waals surface area contributed by atoms with Gasteiger partial charge in [-0.15, -0.1) is 0 Å². The largest absolute Gasteiger partial charge is 0.392 e. The summed E-state index contributed by atoms with van der Waals surface area (Å²) in [7, 11) is 2.13. The van der Waals surface area contributed by atoms with Crippen LogP contribution >= 0.6 is 12.2 Å². The average Bonchev–Trinajstić information content (AvgIpc) is 2.33. The van der Waals surface area contributed by atoms with E-state index in [-0.39, 0.29) is 5.91 Å². The molecule has 1 unspecified atom stereocenters. The van der Waals surface area contributed by atoms with Gasteiger partial charge in [0.25, 0.3) is 0 Å². The second-order valence-corrected chi connectivity index (χ2v) is 6.74. The van der Waals surface area contributed by atoms with Gasteiger partial charge >= 0.3 is 0 Å². The third-order valence-electron chi connectivity index (χ3n) is 4.72. The number of nitrogens with one attached hydrogen (secondary N) is 1. The molecule has 2 aliphatic rings. The molecular weight excluding hydrogens is 258 g/mol. The zero-order chi connectivity index (χ0) is 14.0. The fourth-order valence-electron chi connectivity index (χ4n) is 3.41. The van der Waals surface area contributed by atoms with Gasteiger partial charge < -0.3 is 16.0 Å². The lowest BCUT2D eigenvalue weighted by molar-refractivity contribution is -0.133. The normalized spacial score (nSPS) is 35.5. The number of thiocarbonyl (C=S) groups is 1. The second-order valence-electron chi connectivity index (χ2n) is 6.30. The number of hydrogen-bond donors (Lipinski definition) is 2. The van der Waals surface area contributed by atoms with Gasteiger partial charge in [0.15, 0.2) is 0 Å². The quantitative estimate of drug-likeness (QED) is 0.763. The van der Waals surface area contributed by atoms with Crippen LogP contribution < -0.4 is 11.1 Å². The first-order valence-electron chi connectivity index (χ1n) is 7.24. The highest BCUT2D eigenvalue weighted by atomic mass is 32.1. The molecule has 5 heteroatoms. The Bertz CT molecular complexity index is 366. The summed E-state index contributed by atoms with van der Waals surface area (Å²) in [5, 5.41) is 3.08. The van der Waals surface area contributed by atoms with Crippen LogP contribution in [0.1, 0.15) is 39.0 Å². The van der Waals surface area contributed by atoms with Gasteiger partial charge in [0, 0.05) is 12.6 Å². The van der Waals surface area contributed by atoms with Crippen molar-refractivity contribution in [3.8, 4) is 0 Å². The Labute approximate surface area is 121 Å². The molecule has 2 fully saturated rings. The molecule has 1 aliphatic carbocycles. The van der Waals surface area contributed by atoms with E-state index < -0.39 is 5.41 Å². The molecule has 1 amide bonds. The molecule has 1 saturated heterocycles. The zero-order valence-corrected chi connectivity index (χ0v) is 12.8. The van der Waals surface area contributed by atoms with Crippen LogP contribution in [-0.4, -0.2) is 42.0 Å². The van der Waals surface area contributed by atoms with Crippen molar-refractivity contribution in [1.82, 2.24) is 10.2 Å². The Morgan fingerprint density at radius 1 is 1.47 bits per heavy atom. The molecule has 1 aliphatic heterocycles. The van der Waals surface area contributed by atoms with Gasteiger partial charge in [0.05, 0.1) is 10.4 Å². The standard InChI is InChI=1S/C14H25N3OS/c1-10-7-14(8-10,12(15)19)13(18)16-9-11-5-3-4-6-17(11)2/h10-11H,3-9H2,1-2H3,(H2,15,19)(H,16,18). The molecule has 19 heavy (non-hydrogen) atoms. The predicted octanol–water partition coefficient (Wildman–Crippen LogP) is 1.29. The summed E-state index contributed by atoms with van der Waals surface area (Å²) in [4.78, 5) is 15.1. The van der Waals surface area contributed by atoms with Crippen molar-refractivity contribution in [1.29, 1.82) is 0 Å². The number of nitrogens with two attached hydrogens (primary N) is 1. The van der Waals surface area contributed by atoms with Gasteiger partial charge in [0.1, 0.15) is 0 Å². The lowest BCUT2D eigenvalue weighted by atomic mass is 9.62. The first-order valence-corrected chi connectivity index (χ1v) is 7.65. The fraction of sp³-hybridized carbons (Fsp3) is 0.857. The highest BCUT2D eigenvalue weighted by molar-refractivity contribution is 7.80. The van der Waals surface area contributed by atoms with E-state index in [4.69, 9.17) is 18.0 Å². The molecule has 0 aromatic rings. The molecule has 0 bridgehead atoms. The molecule has 0 spiro atoms. The monoisotopic (exact) mass is 283 g/mol. The zero-order valence-electron chi connectivity index (χ0n) is 11.9. The number of carbonyl (C=O) groups is 1. The highest BCUT2D eigenvalue weighted by Crippen LogP contribution is 2.45. The van der Waals surface area contributed by atoms with Crippen LogP contribution in [0.3, 0.4) is 0 Å². The summed E-state index contributed by atoms with van der Waals surface area (Å²) in [6, 6.07) is 0.457. The maximum absolute atomic E-state index is 12.4. The number of amides is 1. The average molecular weight is 283 g/mol. The van der Waals surface area contributed by atoms with Gasteiger partial charge in [0.2, 0.25) is 5.91 Å². The van der Waals surface area contributed by atoms with Gasteiger partial charge in [-0.2, -0.15) is 0 Å². The number of nitrogens with zero attached hydrogens (tertiary/aromatic N) is 1. The number of likely N-dealkylation sites (N-methyl/N-ethyl adjacent to an activating group) is 1. The Morgan fingerprint density at radius 3 is 2.68 bits per heavy atom. The van der Waals surface area contributed by atoms with E-state index in [1.807, 2.05) is 0 Å². The third-order valence-corrected chi connectivity index (χ3v) is 5.11. The molecule has 1 atom stereocenters. The van der Waals surface area contributed by atoms with Crippen LogP contribution in [0.25, 0.3) is 0 Å². The van der Waals surface area contributed by atoms with Gasteiger partial charge in [-0.1, -0.05) is 25.6 Å². The maximum atomic E-state index is 12.4. The summed E-state index contributed by atoms with van der Waals surface area (Å²) in [6.07, 6.45) is 5.27. The summed E-state index contributed by atoms with van der Waals surface area (Å²) < 4.78 is 0. The van der Waals surface area contributed by atoms with Crippen LogP contribution in [0.4, 0.5) is 0 Å². The van der Waals surface area contributed by atoms with Crippen LogP contribution in [-0.2, 0) is 4.79 Å². The Morgan fingerprint density at radius 2 is 2.16 bits per heavy atom. The van der Waals surface area contributed by atoms with E-state index in [1.165, 1.54) is 12.8 Å². The van der Waals surface area contributed by atoms with E-state index >= 15 is 0 Å². The second kappa shape index (κ2) is 5.75. The Kier molecular flexibility index (Phi) is 4.46. The van der Waals surface area contributed by atoms with Crippen molar-refractivity contribution in [2.75, 3.05) is 20.1 Å². The Hall–Kier alpha value is -0.680. The van der Waals surface area contributed by atoms with Gasteiger partial charge in [-0.3, -0.25) is 4.79 Å². The predicted molar refractivity (Wildman–Crippen MR) is 80.9 cm³/mol. The first kappa shape index (κ1) is 14.7. The van der Waals surface area contributed by atoms with Gasteiger partial charge in [-0.25, -0.2) is 0 Å². The summed E-state index contributed by atoms with van der Waals surface area (Å²) in [5.74, 6) is 0.585. The minimum absolute atomic E-state index is 0.0390. The summed E-state index contributed by atoms with van der Waals surface area (Å²) in [6.45, 7) is 3.98. The van der Waals surface area contributed by atoms with E-state index in [1.54, 1.807) is 0 Å². The van der Waals surface area contributed by atoms with Gasteiger partial charge in [-0.05, 0) is 45.2 Å². The molecule has 1 heterocycles. The van der Waals surface area contributed by atoms with Crippen molar-refractivity contribution in [2.45, 2.75) is 45.1 Å². The SMILES string of the molecule is CC1CC(C(=O)NCC2CCCCN2C)(C(N)=S)C1. The van der Waals surface area contributed by atoms with E-state index in [0.717, 1.165) is 25.8 Å². The van der Waals surface area contributed by atoms with E-state index in [9.17, 15) is 4.79 Å². The number of likely N-dealkylation sites (tertiary alicyclic amines) is 1. The van der Waals surface area contributed by atoms with E-state index in [2.05, 4.69) is 24.2 Å². The van der Waals surface area contributed by atoms with Crippen LogP contribution in [0.15, 0.2) is 0 Å². The topological polar surface area (TPSA) is 58.4 Å². The molecule has 0 aromatic carbocycles. The number of rotatable bonds is 4. The fourth-order valence-corrected chi connectivity index (χ4v) is 3.67. The molecular formula is C14H25N3OS. The number of piperidine rings is 1. The molecule has 3 N–H and O–H groups in total. The molecule has 2 rings (SSSR count). The minimum atomic E-state index is -0.567. The van der Waals surface area contributed by atoms with Crippen molar-refractivity contribution in [2.24, 2.45) is 17.1 Å². The first-order chi connectivity index (χ1) is 8.95. The number of carbonyl (C=O) groups excluding carboxylic acids is 1. The third kappa shape index (κ3) is 2.92. The van der Waals surface area contributed by atoms with Crippen molar-refractivity contribution in [3.05, 3.63) is 0 Å². The summed E-state index contributed by atoms with van der Waals surface area (Å²) in [5.41, 5.74) is 5.22. The Balaban J connectivity index is 1.88. The lowest BCUT2D eigenvalue weighted by Crippen LogP contribution is -2.57. The number of hydrogen-bond acceptors (Lipinski definition) is 3. The summed E-state index contributed by atoms with van der Waals surface area (Å²) >= 11 is 5.11. The molecule has 0 radical (unpaired) electrons.